The molecule has 0 bridgehead atoms. The topological polar surface area (TPSA) is 104 Å². The number of H-pyrrole nitrogens is 1. The average molecular weight is 316 g/mol. The molecular formula is C12H20N4O4S. The quantitative estimate of drug-likeness (QED) is 0.739. The van der Waals surface area contributed by atoms with Crippen LogP contribution in [0.2, 0.25) is 0 Å². The zero-order chi connectivity index (χ0) is 15.5. The van der Waals surface area contributed by atoms with Crippen LogP contribution >= 0.6 is 0 Å². The summed E-state index contributed by atoms with van der Waals surface area (Å²) in [7, 11) is -1.82. The maximum atomic E-state index is 12.4. The van der Waals surface area contributed by atoms with Crippen LogP contribution in [0.4, 0.5) is 0 Å². The van der Waals surface area contributed by atoms with E-state index in [0.29, 0.717) is 0 Å². The van der Waals surface area contributed by atoms with Gasteiger partial charge in [0.25, 0.3) is 10.0 Å². The van der Waals surface area contributed by atoms with E-state index in [4.69, 9.17) is 4.74 Å². The highest BCUT2D eigenvalue weighted by molar-refractivity contribution is 7.89. The first-order valence-electron chi connectivity index (χ1n) is 6.85. The third-order valence-corrected chi connectivity index (χ3v) is 4.90. The van der Waals surface area contributed by atoms with Crippen molar-refractivity contribution in [3.63, 3.8) is 0 Å². The monoisotopic (exact) mass is 316 g/mol. The molecule has 2 heterocycles. The fraction of sp³-hybridized carbons (Fsp3) is 0.667. The van der Waals surface area contributed by atoms with Gasteiger partial charge in [0.1, 0.15) is 5.56 Å². The first kappa shape index (κ1) is 15.9. The number of carbonyl (C=O) groups is 1. The highest BCUT2D eigenvalue weighted by atomic mass is 32.2. The summed E-state index contributed by atoms with van der Waals surface area (Å²) >= 11 is 0. The Hall–Kier alpha value is -1.45. The number of ether oxygens (including phenoxy) is 1. The number of aromatic nitrogens is 2. The van der Waals surface area contributed by atoms with Crippen molar-refractivity contribution in [3.05, 3.63) is 11.8 Å². The minimum absolute atomic E-state index is 0.0720. The molecule has 1 aliphatic heterocycles. The Balaban J connectivity index is 2.13. The van der Waals surface area contributed by atoms with E-state index in [1.165, 1.54) is 6.20 Å². The number of rotatable bonds is 5. The fourth-order valence-corrected chi connectivity index (χ4v) is 3.63. The van der Waals surface area contributed by atoms with Crippen molar-refractivity contribution in [1.29, 1.82) is 0 Å². The Morgan fingerprint density at radius 2 is 2.19 bits per heavy atom. The Labute approximate surface area is 123 Å². The molecule has 1 fully saturated rings. The molecule has 1 aromatic rings. The maximum Gasteiger partial charge on any atom is 0.342 e. The van der Waals surface area contributed by atoms with Crippen LogP contribution in [-0.2, 0) is 14.8 Å². The van der Waals surface area contributed by atoms with Crippen molar-refractivity contribution in [2.75, 3.05) is 26.7 Å². The lowest BCUT2D eigenvalue weighted by molar-refractivity contribution is 0.0522. The zero-order valence-electron chi connectivity index (χ0n) is 12.1. The molecule has 0 aromatic carbocycles. The predicted octanol–water partition coefficient (Wildman–Crippen LogP) is -0.0411. The van der Waals surface area contributed by atoms with Gasteiger partial charge in [0, 0.05) is 6.04 Å². The first-order valence-corrected chi connectivity index (χ1v) is 8.33. The minimum atomic E-state index is -3.82. The van der Waals surface area contributed by atoms with Crippen molar-refractivity contribution in [2.24, 2.45) is 0 Å². The number of sulfonamides is 1. The van der Waals surface area contributed by atoms with E-state index >= 15 is 0 Å². The van der Waals surface area contributed by atoms with Crippen LogP contribution in [0.25, 0.3) is 0 Å². The van der Waals surface area contributed by atoms with Gasteiger partial charge in [-0.2, -0.15) is 5.10 Å². The molecule has 0 unspecified atom stereocenters. The van der Waals surface area contributed by atoms with Crippen LogP contribution in [0, 0.1) is 0 Å². The second kappa shape index (κ2) is 6.54. The van der Waals surface area contributed by atoms with Gasteiger partial charge in [-0.15, -0.1) is 0 Å². The number of aromatic amines is 1. The summed E-state index contributed by atoms with van der Waals surface area (Å²) < 4.78 is 32.2. The molecule has 8 nitrogen and oxygen atoms in total. The summed E-state index contributed by atoms with van der Waals surface area (Å²) in [5, 5.41) is 5.78. The third kappa shape index (κ3) is 3.80. The van der Waals surface area contributed by atoms with Crippen LogP contribution in [-0.4, -0.2) is 62.3 Å². The second-order valence-electron chi connectivity index (χ2n) is 5.03. The smallest absolute Gasteiger partial charge is 0.342 e. The molecule has 0 spiro atoms. The van der Waals surface area contributed by atoms with Gasteiger partial charge < -0.3 is 9.64 Å². The number of carbonyl (C=O) groups excluding carboxylic acids is 1. The molecule has 2 rings (SSSR count). The first-order chi connectivity index (χ1) is 9.94. The highest BCUT2D eigenvalue weighted by Crippen LogP contribution is 2.16. The molecule has 1 saturated heterocycles. The lowest BCUT2D eigenvalue weighted by Crippen LogP contribution is -2.43. The van der Waals surface area contributed by atoms with E-state index in [1.54, 1.807) is 6.92 Å². The summed E-state index contributed by atoms with van der Waals surface area (Å²) in [6, 6.07) is -0.135. The van der Waals surface area contributed by atoms with Crippen molar-refractivity contribution in [2.45, 2.75) is 30.8 Å². The van der Waals surface area contributed by atoms with Crippen molar-refractivity contribution >= 4 is 16.0 Å². The van der Waals surface area contributed by atoms with E-state index < -0.39 is 16.0 Å². The van der Waals surface area contributed by atoms with Crippen molar-refractivity contribution in [1.82, 2.24) is 19.8 Å². The molecule has 0 atom stereocenters. The molecule has 0 saturated carbocycles. The number of hydrogen-bond acceptors (Lipinski definition) is 6. The molecule has 0 amide bonds. The summed E-state index contributed by atoms with van der Waals surface area (Å²) in [5.41, 5.74) is -0.0720. The number of piperidine rings is 1. The van der Waals surface area contributed by atoms with Crippen molar-refractivity contribution in [3.8, 4) is 0 Å². The fourth-order valence-electron chi connectivity index (χ4n) is 2.24. The average Bonchev–Trinajstić information content (AvgIpc) is 2.92. The predicted molar refractivity (Wildman–Crippen MR) is 75.4 cm³/mol. The van der Waals surface area contributed by atoms with E-state index in [-0.39, 0.29) is 23.2 Å². The molecule has 1 aliphatic rings. The lowest BCUT2D eigenvalue weighted by atomic mass is 10.1. The SMILES string of the molecule is CCOC(=O)c1cn[nH]c1S(=O)(=O)NC1CCN(C)CC1. The number of nitrogens with zero attached hydrogens (tertiary/aromatic N) is 2. The summed E-state index contributed by atoms with van der Waals surface area (Å²) in [6.07, 6.45) is 2.64. The van der Waals surface area contributed by atoms with Gasteiger partial charge in [-0.3, -0.25) is 5.10 Å². The minimum Gasteiger partial charge on any atom is -0.462 e. The molecule has 0 aliphatic carbocycles. The number of nitrogens with one attached hydrogen (secondary N) is 2. The molecule has 2 N–H and O–H groups in total. The number of likely N-dealkylation sites (tertiary alicyclic amines) is 1. The Bertz CT molecular complexity index is 590. The van der Waals surface area contributed by atoms with Gasteiger partial charge in [0.2, 0.25) is 0 Å². The van der Waals surface area contributed by atoms with E-state index in [9.17, 15) is 13.2 Å². The molecule has 9 heteroatoms. The van der Waals surface area contributed by atoms with Crippen LogP contribution in [0.3, 0.4) is 0 Å². The highest BCUT2D eigenvalue weighted by Gasteiger charge is 2.29. The molecular weight excluding hydrogens is 296 g/mol. The Kier molecular flexibility index (Phi) is 4.96. The Morgan fingerprint density at radius 3 is 2.81 bits per heavy atom. The van der Waals surface area contributed by atoms with Crippen LogP contribution < -0.4 is 4.72 Å². The van der Waals surface area contributed by atoms with Crippen LogP contribution in [0.1, 0.15) is 30.1 Å². The summed E-state index contributed by atoms with van der Waals surface area (Å²) in [6.45, 7) is 3.50. The molecule has 21 heavy (non-hydrogen) atoms. The maximum absolute atomic E-state index is 12.4. The van der Waals surface area contributed by atoms with Gasteiger partial charge in [-0.1, -0.05) is 0 Å². The summed E-state index contributed by atoms with van der Waals surface area (Å²) in [5.74, 6) is -0.699. The van der Waals surface area contributed by atoms with Gasteiger partial charge in [0.15, 0.2) is 5.03 Å². The molecule has 0 radical (unpaired) electrons. The van der Waals surface area contributed by atoms with Gasteiger partial charge >= 0.3 is 5.97 Å². The lowest BCUT2D eigenvalue weighted by Gasteiger charge is -2.29. The number of hydrogen-bond donors (Lipinski definition) is 2. The number of esters is 1. The normalized spacial score (nSPS) is 17.8. The Morgan fingerprint density at radius 1 is 1.52 bits per heavy atom. The second-order valence-corrected chi connectivity index (χ2v) is 6.68. The van der Waals surface area contributed by atoms with Gasteiger partial charge in [0.05, 0.1) is 12.8 Å². The van der Waals surface area contributed by atoms with E-state index in [1.807, 2.05) is 7.05 Å². The van der Waals surface area contributed by atoms with Crippen LogP contribution in [0.15, 0.2) is 11.2 Å². The standard InChI is InChI=1S/C12H20N4O4S/c1-3-20-12(17)10-8-13-14-11(10)21(18,19)15-9-4-6-16(2)7-5-9/h8-9,15H,3-7H2,1-2H3,(H,13,14). The van der Waals surface area contributed by atoms with Crippen LogP contribution in [0.5, 0.6) is 0 Å². The molecule has 1 aromatic heterocycles. The van der Waals surface area contributed by atoms with E-state index in [0.717, 1.165) is 25.9 Å². The largest absolute Gasteiger partial charge is 0.462 e. The van der Waals surface area contributed by atoms with Gasteiger partial charge in [-0.05, 0) is 39.9 Å². The van der Waals surface area contributed by atoms with Crippen molar-refractivity contribution < 1.29 is 17.9 Å². The van der Waals surface area contributed by atoms with E-state index in [2.05, 4.69) is 19.8 Å². The van der Waals surface area contributed by atoms with Gasteiger partial charge in [-0.25, -0.2) is 17.9 Å². The molecule has 118 valence electrons. The third-order valence-electron chi connectivity index (χ3n) is 3.41. The zero-order valence-corrected chi connectivity index (χ0v) is 12.9. The summed E-state index contributed by atoms with van der Waals surface area (Å²) in [4.78, 5) is 13.9.